The standard InChI is InChI=1S/C4H10O2.CH2OS2/c1-2-3-4(5)6;2-1(3)4/h4-6H,2-3H2,1H3;(H2,2,3,4). The summed E-state index contributed by atoms with van der Waals surface area (Å²) in [6.07, 6.45) is 0.215. The van der Waals surface area contributed by atoms with E-state index in [-0.39, 0.29) is 4.38 Å². The minimum Gasteiger partial charge on any atom is -0.494 e. The third-order valence-electron chi connectivity index (χ3n) is 0.547. The summed E-state index contributed by atoms with van der Waals surface area (Å²) >= 11 is 7.21. The summed E-state index contributed by atoms with van der Waals surface area (Å²) in [7, 11) is 0. The number of thiocarbonyl (C=S) groups is 1. The number of hydrogen-bond acceptors (Lipinski definition) is 3. The Morgan fingerprint density at radius 2 is 1.90 bits per heavy atom. The Balaban J connectivity index is 0. The summed E-state index contributed by atoms with van der Waals surface area (Å²) < 4.78 is -0.306. The molecule has 0 aromatic carbocycles. The van der Waals surface area contributed by atoms with Crippen molar-refractivity contribution in [3.63, 3.8) is 0 Å². The molecule has 5 heteroatoms. The minimum absolute atomic E-state index is 0.306. The summed E-state index contributed by atoms with van der Waals surface area (Å²) in [4.78, 5) is 0. The second-order valence-electron chi connectivity index (χ2n) is 1.55. The van der Waals surface area contributed by atoms with Crippen molar-refractivity contribution in [2.75, 3.05) is 0 Å². The average Bonchev–Trinajstić information content (AvgIpc) is 1.62. The van der Waals surface area contributed by atoms with Crippen molar-refractivity contribution in [2.45, 2.75) is 26.1 Å². The second kappa shape index (κ2) is 9.16. The number of thiol groups is 1. The zero-order chi connectivity index (χ0) is 8.57. The Hall–Kier alpha value is 0.160. The summed E-state index contributed by atoms with van der Waals surface area (Å²) in [6.45, 7) is 1.90. The molecule has 0 aliphatic rings. The first-order valence-corrected chi connectivity index (χ1v) is 3.64. The highest BCUT2D eigenvalue weighted by molar-refractivity contribution is 8.10. The highest BCUT2D eigenvalue weighted by Crippen LogP contribution is 1.88. The van der Waals surface area contributed by atoms with E-state index in [0.717, 1.165) is 6.42 Å². The maximum absolute atomic E-state index is 8.11. The Morgan fingerprint density at radius 1 is 1.60 bits per heavy atom. The Bertz CT molecular complexity index is 81.0. The SMILES string of the molecule is CCCC(O)O.OC(=S)S. The highest BCUT2D eigenvalue weighted by Gasteiger charge is 1.89. The molecule has 0 amide bonds. The summed E-state index contributed by atoms with van der Waals surface area (Å²) in [6, 6.07) is 0. The molecule has 0 saturated heterocycles. The van der Waals surface area contributed by atoms with Crippen LogP contribution in [0.4, 0.5) is 0 Å². The Morgan fingerprint density at radius 3 is 1.90 bits per heavy atom. The topological polar surface area (TPSA) is 60.7 Å². The fourth-order valence-corrected chi connectivity index (χ4v) is 0.258. The van der Waals surface area contributed by atoms with Gasteiger partial charge in [0.05, 0.1) is 0 Å². The van der Waals surface area contributed by atoms with Crippen molar-refractivity contribution in [3.8, 4) is 0 Å². The van der Waals surface area contributed by atoms with Crippen molar-refractivity contribution < 1.29 is 15.3 Å². The fraction of sp³-hybridized carbons (Fsp3) is 0.800. The van der Waals surface area contributed by atoms with E-state index in [1.807, 2.05) is 6.92 Å². The van der Waals surface area contributed by atoms with Gasteiger partial charge in [-0.3, -0.25) is 0 Å². The number of hydrogen-bond donors (Lipinski definition) is 4. The van der Waals surface area contributed by atoms with Gasteiger partial charge in [0, 0.05) is 0 Å². The molecule has 0 aromatic heterocycles. The third kappa shape index (κ3) is 41.9. The molecule has 0 aliphatic heterocycles. The monoisotopic (exact) mass is 184 g/mol. The zero-order valence-electron chi connectivity index (χ0n) is 5.69. The van der Waals surface area contributed by atoms with Crippen LogP contribution < -0.4 is 0 Å². The maximum Gasteiger partial charge on any atom is 0.214 e. The van der Waals surface area contributed by atoms with Gasteiger partial charge in [-0.05, 0) is 18.6 Å². The first-order chi connectivity index (χ1) is 4.50. The van der Waals surface area contributed by atoms with Gasteiger partial charge in [-0.15, -0.1) is 0 Å². The smallest absolute Gasteiger partial charge is 0.214 e. The fourth-order valence-electron chi connectivity index (χ4n) is 0.258. The lowest BCUT2D eigenvalue weighted by Crippen LogP contribution is -2.01. The minimum atomic E-state index is -1.10. The van der Waals surface area contributed by atoms with Gasteiger partial charge in [0.15, 0.2) is 6.29 Å². The predicted octanol–water partition coefficient (Wildman–Crippen LogP) is 0.856. The Labute approximate surface area is 71.1 Å². The van der Waals surface area contributed by atoms with E-state index in [1.54, 1.807) is 0 Å². The first-order valence-electron chi connectivity index (χ1n) is 2.78. The first kappa shape index (κ1) is 12.8. The molecule has 3 N–H and O–H groups in total. The van der Waals surface area contributed by atoms with E-state index in [9.17, 15) is 0 Å². The van der Waals surface area contributed by atoms with Crippen LogP contribution in [0, 0.1) is 0 Å². The molecule has 0 fully saturated rings. The van der Waals surface area contributed by atoms with Crippen LogP contribution in [0.3, 0.4) is 0 Å². The van der Waals surface area contributed by atoms with Gasteiger partial charge in [-0.1, -0.05) is 26.0 Å². The summed E-state index contributed by atoms with van der Waals surface area (Å²) in [5.74, 6) is 0. The van der Waals surface area contributed by atoms with E-state index in [0.29, 0.717) is 6.42 Å². The van der Waals surface area contributed by atoms with Gasteiger partial charge in [-0.2, -0.15) is 0 Å². The van der Waals surface area contributed by atoms with Crippen LogP contribution in [0.5, 0.6) is 0 Å². The molecular formula is C5H12O3S2. The molecule has 0 radical (unpaired) electrons. The van der Waals surface area contributed by atoms with Crippen LogP contribution in [0.1, 0.15) is 19.8 Å². The lowest BCUT2D eigenvalue weighted by atomic mass is 10.3. The molecule has 0 rings (SSSR count). The molecule has 0 spiro atoms. The normalized spacial score (nSPS) is 8.50. The van der Waals surface area contributed by atoms with Crippen molar-refractivity contribution in [2.24, 2.45) is 0 Å². The molecule has 62 valence electrons. The number of aliphatic hydroxyl groups excluding tert-OH is 2. The molecule has 0 atom stereocenters. The van der Waals surface area contributed by atoms with E-state index in [4.69, 9.17) is 15.3 Å². The quantitative estimate of drug-likeness (QED) is 0.292. The molecule has 0 saturated carbocycles. The number of rotatable bonds is 2. The van der Waals surface area contributed by atoms with Crippen molar-refractivity contribution in [1.29, 1.82) is 0 Å². The van der Waals surface area contributed by atoms with Gasteiger partial charge in [-0.25, -0.2) is 0 Å². The molecule has 0 heterocycles. The molecule has 10 heavy (non-hydrogen) atoms. The van der Waals surface area contributed by atoms with Crippen LogP contribution in [0.15, 0.2) is 0 Å². The van der Waals surface area contributed by atoms with Crippen molar-refractivity contribution in [3.05, 3.63) is 0 Å². The summed E-state index contributed by atoms with van der Waals surface area (Å²) in [5.41, 5.74) is 0. The van der Waals surface area contributed by atoms with Gasteiger partial charge in [0.2, 0.25) is 4.38 Å². The van der Waals surface area contributed by atoms with E-state index < -0.39 is 6.29 Å². The lowest BCUT2D eigenvalue weighted by Gasteiger charge is -1.94. The van der Waals surface area contributed by atoms with Crippen LogP contribution in [0.2, 0.25) is 0 Å². The van der Waals surface area contributed by atoms with Crippen LogP contribution in [0.25, 0.3) is 0 Å². The molecule has 3 nitrogen and oxygen atoms in total. The van der Waals surface area contributed by atoms with Gasteiger partial charge < -0.3 is 15.3 Å². The average molecular weight is 184 g/mol. The molecular weight excluding hydrogens is 172 g/mol. The second-order valence-corrected chi connectivity index (χ2v) is 2.66. The molecule has 0 bridgehead atoms. The number of aliphatic hydroxyl groups is 3. The summed E-state index contributed by atoms with van der Waals surface area (Å²) in [5, 5.41) is 23.9. The van der Waals surface area contributed by atoms with E-state index in [1.165, 1.54) is 0 Å². The third-order valence-corrected chi connectivity index (χ3v) is 0.547. The van der Waals surface area contributed by atoms with E-state index in [2.05, 4.69) is 24.8 Å². The lowest BCUT2D eigenvalue weighted by molar-refractivity contribution is -0.0453. The van der Waals surface area contributed by atoms with Crippen molar-refractivity contribution in [1.82, 2.24) is 0 Å². The molecule has 0 unspecified atom stereocenters. The van der Waals surface area contributed by atoms with Gasteiger partial charge >= 0.3 is 0 Å². The molecule has 0 aliphatic carbocycles. The van der Waals surface area contributed by atoms with Gasteiger partial charge in [0.1, 0.15) is 0 Å². The maximum atomic E-state index is 8.11. The van der Waals surface area contributed by atoms with Crippen LogP contribution >= 0.6 is 24.8 Å². The van der Waals surface area contributed by atoms with Crippen molar-refractivity contribution >= 4 is 29.2 Å². The predicted molar refractivity (Wildman–Crippen MR) is 47.3 cm³/mol. The van der Waals surface area contributed by atoms with Crippen LogP contribution in [-0.4, -0.2) is 26.0 Å². The van der Waals surface area contributed by atoms with Crippen LogP contribution in [-0.2, 0) is 0 Å². The zero-order valence-corrected chi connectivity index (χ0v) is 7.40. The largest absolute Gasteiger partial charge is 0.494 e. The Kier molecular flexibility index (Phi) is 11.7. The molecule has 0 aromatic rings. The van der Waals surface area contributed by atoms with Gasteiger partial charge in [0.25, 0.3) is 0 Å². The van der Waals surface area contributed by atoms with E-state index >= 15 is 0 Å². The highest BCUT2D eigenvalue weighted by atomic mass is 32.1.